The molecule has 1 atom stereocenters. The highest BCUT2D eigenvalue weighted by atomic mass is 16.5. The molecule has 6 heteroatoms. The van der Waals surface area contributed by atoms with Crippen LogP contribution in [0.15, 0.2) is 29.3 Å². The highest BCUT2D eigenvalue weighted by molar-refractivity contribution is 6.07. The fraction of sp³-hybridized carbons (Fsp3) is 0.294. The van der Waals surface area contributed by atoms with Crippen LogP contribution in [-0.4, -0.2) is 41.4 Å². The third-order valence-electron chi connectivity index (χ3n) is 4.62. The standard InChI is InChI=1S/C17H17N3O3/c1-23-15-8-11-6-13-12(5-10(11)7-14(15)21)16(22)20-4-2-3-17(20,18)9-19-13/h5-9,21H,2-4,18H2,1H3. The Kier molecular flexibility index (Phi) is 2.86. The Morgan fingerprint density at radius 1 is 1.30 bits per heavy atom. The Morgan fingerprint density at radius 3 is 2.87 bits per heavy atom. The van der Waals surface area contributed by atoms with Crippen molar-refractivity contribution in [3.63, 3.8) is 0 Å². The Morgan fingerprint density at radius 2 is 2.09 bits per heavy atom. The van der Waals surface area contributed by atoms with Crippen molar-refractivity contribution >= 4 is 28.6 Å². The largest absolute Gasteiger partial charge is 0.504 e. The summed E-state index contributed by atoms with van der Waals surface area (Å²) in [4.78, 5) is 19.0. The molecule has 2 aliphatic heterocycles. The summed E-state index contributed by atoms with van der Waals surface area (Å²) in [5, 5.41) is 11.6. The number of carbonyl (C=O) groups is 1. The molecule has 6 nitrogen and oxygen atoms in total. The maximum atomic E-state index is 12.9. The smallest absolute Gasteiger partial charge is 0.257 e. The topological polar surface area (TPSA) is 88.2 Å². The summed E-state index contributed by atoms with van der Waals surface area (Å²) in [6.07, 6.45) is 3.26. The van der Waals surface area contributed by atoms with Gasteiger partial charge in [-0.2, -0.15) is 0 Å². The number of ether oxygens (including phenoxy) is 1. The number of methoxy groups -OCH3 is 1. The molecule has 1 saturated heterocycles. The lowest BCUT2D eigenvalue weighted by atomic mass is 10.0. The van der Waals surface area contributed by atoms with Crippen LogP contribution in [0.2, 0.25) is 0 Å². The molecule has 1 amide bonds. The van der Waals surface area contributed by atoms with Gasteiger partial charge in [0, 0.05) is 12.8 Å². The van der Waals surface area contributed by atoms with Gasteiger partial charge in [0.25, 0.3) is 5.91 Å². The second-order valence-corrected chi connectivity index (χ2v) is 6.05. The van der Waals surface area contributed by atoms with Gasteiger partial charge in [0.2, 0.25) is 0 Å². The highest BCUT2D eigenvalue weighted by Gasteiger charge is 2.41. The predicted octanol–water partition coefficient (Wildman–Crippen LogP) is 2.16. The van der Waals surface area contributed by atoms with Crippen molar-refractivity contribution in [1.29, 1.82) is 0 Å². The first-order valence-corrected chi connectivity index (χ1v) is 7.53. The zero-order valence-electron chi connectivity index (χ0n) is 12.7. The number of carbonyl (C=O) groups excluding carboxylic acids is 1. The van der Waals surface area contributed by atoms with E-state index in [0.717, 1.165) is 17.2 Å². The zero-order chi connectivity index (χ0) is 16.2. The fourth-order valence-electron chi connectivity index (χ4n) is 3.36. The molecule has 2 aromatic rings. The number of nitrogens with zero attached hydrogens (tertiary/aromatic N) is 2. The fourth-order valence-corrected chi connectivity index (χ4v) is 3.36. The summed E-state index contributed by atoms with van der Waals surface area (Å²) in [5.41, 5.74) is 6.62. The Hall–Kier alpha value is -2.60. The van der Waals surface area contributed by atoms with Crippen LogP contribution in [0.4, 0.5) is 5.69 Å². The summed E-state index contributed by atoms with van der Waals surface area (Å²) in [6.45, 7) is 0.632. The van der Waals surface area contributed by atoms with E-state index in [4.69, 9.17) is 10.5 Å². The molecule has 1 unspecified atom stereocenters. The van der Waals surface area contributed by atoms with E-state index < -0.39 is 5.66 Å². The Labute approximate surface area is 133 Å². The third kappa shape index (κ3) is 1.98. The van der Waals surface area contributed by atoms with Crippen molar-refractivity contribution in [2.24, 2.45) is 10.7 Å². The lowest BCUT2D eigenvalue weighted by molar-refractivity contribution is 0.0702. The molecule has 0 bridgehead atoms. The number of phenolic OH excluding ortho intramolecular Hbond substituents is 1. The summed E-state index contributed by atoms with van der Waals surface area (Å²) >= 11 is 0. The van der Waals surface area contributed by atoms with Crippen LogP contribution in [0.1, 0.15) is 23.2 Å². The number of aliphatic imine (C=N–C) groups is 1. The molecule has 0 saturated carbocycles. The molecule has 23 heavy (non-hydrogen) atoms. The molecule has 0 spiro atoms. The second-order valence-electron chi connectivity index (χ2n) is 6.05. The maximum Gasteiger partial charge on any atom is 0.257 e. The van der Waals surface area contributed by atoms with Gasteiger partial charge in [0.15, 0.2) is 11.5 Å². The number of phenols is 1. The number of rotatable bonds is 1. The average molecular weight is 311 g/mol. The van der Waals surface area contributed by atoms with Crippen LogP contribution in [0, 0.1) is 0 Å². The number of amides is 1. The van der Waals surface area contributed by atoms with Crippen molar-refractivity contribution in [3.05, 3.63) is 29.8 Å². The molecule has 0 aromatic heterocycles. The minimum Gasteiger partial charge on any atom is -0.504 e. The molecular weight excluding hydrogens is 294 g/mol. The minimum atomic E-state index is -0.803. The molecule has 2 heterocycles. The van der Waals surface area contributed by atoms with Gasteiger partial charge in [-0.15, -0.1) is 0 Å². The number of hydrogen-bond donors (Lipinski definition) is 2. The first-order valence-electron chi connectivity index (χ1n) is 7.53. The van der Waals surface area contributed by atoms with E-state index in [1.54, 1.807) is 29.3 Å². The normalized spacial score (nSPS) is 22.9. The first kappa shape index (κ1) is 14.0. The van der Waals surface area contributed by atoms with Crippen LogP contribution in [0.3, 0.4) is 0 Å². The Bertz CT molecular complexity index is 862. The lowest BCUT2D eigenvalue weighted by Crippen LogP contribution is -2.54. The van der Waals surface area contributed by atoms with Crippen molar-refractivity contribution in [2.45, 2.75) is 18.5 Å². The average Bonchev–Trinajstić information content (AvgIpc) is 2.89. The SMILES string of the molecule is COc1cc2cc3c(cc2cc1O)C(=O)N1CCCC1(N)C=N3. The molecule has 3 N–H and O–H groups in total. The molecule has 0 radical (unpaired) electrons. The van der Waals surface area contributed by atoms with Crippen molar-refractivity contribution in [3.8, 4) is 11.5 Å². The summed E-state index contributed by atoms with van der Waals surface area (Å²) in [6, 6.07) is 6.91. The van der Waals surface area contributed by atoms with E-state index in [-0.39, 0.29) is 11.7 Å². The van der Waals surface area contributed by atoms with Crippen molar-refractivity contribution < 1.29 is 14.6 Å². The number of benzene rings is 2. The van der Waals surface area contributed by atoms with Crippen LogP contribution in [0.25, 0.3) is 10.8 Å². The Balaban J connectivity index is 1.94. The van der Waals surface area contributed by atoms with Crippen LogP contribution in [0.5, 0.6) is 11.5 Å². The summed E-state index contributed by atoms with van der Waals surface area (Å²) in [5.74, 6) is 0.311. The number of nitrogens with two attached hydrogens (primary N) is 1. The van der Waals surface area contributed by atoms with Gasteiger partial charge in [0.05, 0.1) is 18.4 Å². The van der Waals surface area contributed by atoms with Crippen molar-refractivity contribution in [2.75, 3.05) is 13.7 Å². The van der Waals surface area contributed by atoms with Gasteiger partial charge in [-0.25, -0.2) is 0 Å². The highest BCUT2D eigenvalue weighted by Crippen LogP contribution is 2.38. The third-order valence-corrected chi connectivity index (χ3v) is 4.62. The van der Waals surface area contributed by atoms with E-state index in [0.29, 0.717) is 30.0 Å². The minimum absolute atomic E-state index is 0.0406. The van der Waals surface area contributed by atoms with Gasteiger partial charge in [-0.05, 0) is 47.9 Å². The second kappa shape index (κ2) is 4.70. The maximum absolute atomic E-state index is 12.9. The number of hydrogen-bond acceptors (Lipinski definition) is 5. The van der Waals surface area contributed by atoms with E-state index in [1.165, 1.54) is 7.11 Å². The lowest BCUT2D eigenvalue weighted by Gasteiger charge is -2.30. The molecular formula is C17H17N3O3. The quantitative estimate of drug-likeness (QED) is 0.844. The van der Waals surface area contributed by atoms with E-state index >= 15 is 0 Å². The molecule has 2 aromatic carbocycles. The number of fused-ring (bicyclic) bond motifs is 3. The van der Waals surface area contributed by atoms with E-state index in [2.05, 4.69) is 4.99 Å². The molecule has 1 fully saturated rings. The van der Waals surface area contributed by atoms with E-state index in [1.807, 2.05) is 6.07 Å². The van der Waals surface area contributed by atoms with Gasteiger partial charge in [-0.3, -0.25) is 9.79 Å². The predicted molar refractivity (Wildman–Crippen MR) is 87.5 cm³/mol. The van der Waals surface area contributed by atoms with Crippen LogP contribution < -0.4 is 10.5 Å². The molecule has 0 aliphatic carbocycles. The molecule has 4 rings (SSSR count). The van der Waals surface area contributed by atoms with Crippen LogP contribution >= 0.6 is 0 Å². The summed E-state index contributed by atoms with van der Waals surface area (Å²) < 4.78 is 5.14. The summed E-state index contributed by atoms with van der Waals surface area (Å²) in [7, 11) is 1.50. The van der Waals surface area contributed by atoms with Gasteiger partial charge >= 0.3 is 0 Å². The van der Waals surface area contributed by atoms with Crippen LogP contribution in [-0.2, 0) is 0 Å². The van der Waals surface area contributed by atoms with Gasteiger partial charge < -0.3 is 20.5 Å². The van der Waals surface area contributed by atoms with Crippen molar-refractivity contribution in [1.82, 2.24) is 4.90 Å². The molecule has 118 valence electrons. The van der Waals surface area contributed by atoms with Gasteiger partial charge in [0.1, 0.15) is 5.66 Å². The number of aromatic hydroxyl groups is 1. The monoisotopic (exact) mass is 311 g/mol. The van der Waals surface area contributed by atoms with Gasteiger partial charge in [-0.1, -0.05) is 0 Å². The zero-order valence-corrected chi connectivity index (χ0v) is 12.7. The van der Waals surface area contributed by atoms with E-state index in [9.17, 15) is 9.90 Å². The molecule has 2 aliphatic rings. The first-order chi connectivity index (χ1) is 11.0.